The molecule has 1 amide bonds. The maximum absolute atomic E-state index is 12.3. The van der Waals surface area contributed by atoms with Crippen LogP contribution in [0.25, 0.3) is 0 Å². The molecule has 1 aliphatic heterocycles. The Morgan fingerprint density at radius 3 is 2.38 bits per heavy atom. The van der Waals surface area contributed by atoms with Gasteiger partial charge in [-0.05, 0) is 54.3 Å². The minimum absolute atomic E-state index is 0.143. The Balaban J connectivity index is 1.60. The van der Waals surface area contributed by atoms with Gasteiger partial charge >= 0.3 is 0 Å². The normalized spacial score (nSPS) is 15.2. The molecule has 0 radical (unpaired) electrons. The van der Waals surface area contributed by atoms with E-state index in [1.807, 2.05) is 12.1 Å². The molecule has 1 aliphatic rings. The van der Waals surface area contributed by atoms with Crippen LogP contribution in [0.3, 0.4) is 0 Å². The van der Waals surface area contributed by atoms with Crippen LogP contribution in [0.15, 0.2) is 47.4 Å². The zero-order chi connectivity index (χ0) is 21.2. The van der Waals surface area contributed by atoms with E-state index in [1.165, 1.54) is 23.3 Å². The molecule has 6 nitrogen and oxygen atoms in total. The summed E-state index contributed by atoms with van der Waals surface area (Å²) in [5, 5.41) is 6.05. The van der Waals surface area contributed by atoms with Gasteiger partial charge in [-0.25, -0.2) is 8.42 Å². The van der Waals surface area contributed by atoms with Gasteiger partial charge < -0.3 is 10.6 Å². The Bertz CT molecular complexity index is 985. The monoisotopic (exact) mass is 415 g/mol. The highest BCUT2D eigenvalue weighted by Crippen LogP contribution is 2.31. The van der Waals surface area contributed by atoms with Gasteiger partial charge in [-0.15, -0.1) is 0 Å². The Morgan fingerprint density at radius 1 is 1.07 bits per heavy atom. The third-order valence-corrected chi connectivity index (χ3v) is 6.68. The average molecular weight is 416 g/mol. The van der Waals surface area contributed by atoms with Crippen molar-refractivity contribution in [2.24, 2.45) is 5.92 Å². The molecule has 29 heavy (non-hydrogen) atoms. The van der Waals surface area contributed by atoms with E-state index in [2.05, 4.69) is 42.4 Å². The molecule has 0 saturated heterocycles. The molecule has 1 heterocycles. The summed E-state index contributed by atoms with van der Waals surface area (Å²) in [7, 11) is -3.25. The number of carbonyl (C=O) groups excluding carboxylic acids is 1. The maximum Gasteiger partial charge on any atom is 0.243 e. The second kappa shape index (κ2) is 8.55. The van der Waals surface area contributed by atoms with Crippen LogP contribution in [0.2, 0.25) is 0 Å². The van der Waals surface area contributed by atoms with Crippen LogP contribution in [0, 0.1) is 5.92 Å². The van der Waals surface area contributed by atoms with E-state index in [4.69, 9.17) is 0 Å². The molecule has 2 aromatic carbocycles. The highest BCUT2D eigenvalue weighted by molar-refractivity contribution is 7.90. The van der Waals surface area contributed by atoms with Crippen molar-refractivity contribution in [1.29, 1.82) is 0 Å². The Morgan fingerprint density at radius 2 is 1.76 bits per heavy atom. The Labute approximate surface area is 173 Å². The smallest absolute Gasteiger partial charge is 0.243 e. The highest BCUT2D eigenvalue weighted by Gasteiger charge is 2.26. The van der Waals surface area contributed by atoms with E-state index >= 15 is 0 Å². The first-order valence-electron chi connectivity index (χ1n) is 9.84. The number of rotatable bonds is 7. The molecule has 156 valence electrons. The number of amides is 1. The fourth-order valence-electron chi connectivity index (χ4n) is 3.49. The molecule has 0 bridgehead atoms. The van der Waals surface area contributed by atoms with E-state index in [-0.39, 0.29) is 17.3 Å². The number of sulfone groups is 1. The average Bonchev–Trinajstić information content (AvgIpc) is 3.10. The van der Waals surface area contributed by atoms with E-state index in [0.29, 0.717) is 17.6 Å². The topological polar surface area (TPSA) is 78.5 Å². The third-order valence-electron chi connectivity index (χ3n) is 5.55. The van der Waals surface area contributed by atoms with Crippen molar-refractivity contribution >= 4 is 27.1 Å². The van der Waals surface area contributed by atoms with Crippen LogP contribution in [0.5, 0.6) is 0 Å². The SMILES string of the molecule is CC(C)C(C)N1Cc2cccc(NCC(=O)Nc3ccc(S(C)(=O)=O)cc3)c2C1. The Hall–Kier alpha value is -2.38. The van der Waals surface area contributed by atoms with E-state index in [0.717, 1.165) is 25.0 Å². The predicted molar refractivity (Wildman–Crippen MR) is 117 cm³/mol. The number of nitrogens with zero attached hydrogens (tertiary/aromatic N) is 1. The van der Waals surface area contributed by atoms with Crippen molar-refractivity contribution in [2.45, 2.75) is 44.8 Å². The van der Waals surface area contributed by atoms with Gasteiger partial charge in [0.1, 0.15) is 0 Å². The van der Waals surface area contributed by atoms with Crippen molar-refractivity contribution in [3.8, 4) is 0 Å². The summed E-state index contributed by atoms with van der Waals surface area (Å²) in [6.45, 7) is 8.69. The van der Waals surface area contributed by atoms with E-state index in [9.17, 15) is 13.2 Å². The molecule has 2 N–H and O–H groups in total. The highest BCUT2D eigenvalue weighted by atomic mass is 32.2. The lowest BCUT2D eigenvalue weighted by molar-refractivity contribution is -0.114. The van der Waals surface area contributed by atoms with Gasteiger partial charge in [-0.2, -0.15) is 0 Å². The van der Waals surface area contributed by atoms with Crippen molar-refractivity contribution in [2.75, 3.05) is 23.4 Å². The molecule has 0 saturated carbocycles. The molecular formula is C22H29N3O3S. The van der Waals surface area contributed by atoms with Crippen molar-refractivity contribution in [3.63, 3.8) is 0 Å². The summed E-state index contributed by atoms with van der Waals surface area (Å²) in [5.74, 6) is 0.403. The third kappa shape index (κ3) is 5.16. The van der Waals surface area contributed by atoms with Gasteiger partial charge in [0.2, 0.25) is 5.91 Å². The van der Waals surface area contributed by atoms with Gasteiger partial charge in [0.05, 0.1) is 11.4 Å². The number of carbonyl (C=O) groups is 1. The summed E-state index contributed by atoms with van der Waals surface area (Å²) in [6.07, 6.45) is 1.16. The van der Waals surface area contributed by atoms with Crippen LogP contribution in [0.1, 0.15) is 31.9 Å². The molecule has 3 rings (SSSR count). The second-order valence-corrected chi connectivity index (χ2v) is 10.0. The van der Waals surface area contributed by atoms with Gasteiger partial charge in [0, 0.05) is 36.8 Å². The molecule has 2 aromatic rings. The fraction of sp³-hybridized carbons (Fsp3) is 0.409. The molecule has 0 aliphatic carbocycles. The molecule has 7 heteroatoms. The van der Waals surface area contributed by atoms with Gasteiger partial charge in [0.25, 0.3) is 0 Å². The predicted octanol–water partition coefficient (Wildman–Crippen LogP) is 3.50. The first kappa shape index (κ1) is 21.3. The standard InChI is InChI=1S/C22H29N3O3S/c1-15(2)16(3)25-13-17-6-5-7-21(20(17)14-25)23-12-22(26)24-18-8-10-19(11-9-18)29(4,27)28/h5-11,15-16,23H,12-14H2,1-4H3,(H,24,26). The van der Waals surface area contributed by atoms with Crippen LogP contribution >= 0.6 is 0 Å². The van der Waals surface area contributed by atoms with E-state index < -0.39 is 9.84 Å². The zero-order valence-electron chi connectivity index (χ0n) is 17.4. The van der Waals surface area contributed by atoms with Crippen LogP contribution in [0.4, 0.5) is 11.4 Å². The van der Waals surface area contributed by atoms with Crippen LogP contribution < -0.4 is 10.6 Å². The summed E-state index contributed by atoms with van der Waals surface area (Å²) < 4.78 is 23.0. The van der Waals surface area contributed by atoms with Crippen molar-refractivity contribution in [3.05, 3.63) is 53.6 Å². The number of hydrogen-bond acceptors (Lipinski definition) is 5. The first-order valence-corrected chi connectivity index (χ1v) is 11.7. The van der Waals surface area contributed by atoms with Gasteiger partial charge in [0.15, 0.2) is 9.84 Å². The lowest BCUT2D eigenvalue weighted by Crippen LogP contribution is -2.32. The number of fused-ring (bicyclic) bond motifs is 1. The summed E-state index contributed by atoms with van der Waals surface area (Å²) in [4.78, 5) is 15.0. The van der Waals surface area contributed by atoms with Crippen molar-refractivity contribution < 1.29 is 13.2 Å². The lowest BCUT2D eigenvalue weighted by atomic mass is 10.1. The Kier molecular flexibility index (Phi) is 6.29. The minimum atomic E-state index is -3.25. The lowest BCUT2D eigenvalue weighted by Gasteiger charge is -2.27. The number of nitrogens with one attached hydrogen (secondary N) is 2. The minimum Gasteiger partial charge on any atom is -0.376 e. The van der Waals surface area contributed by atoms with E-state index in [1.54, 1.807) is 12.1 Å². The molecule has 1 unspecified atom stereocenters. The zero-order valence-corrected chi connectivity index (χ0v) is 18.2. The number of benzene rings is 2. The first-order chi connectivity index (χ1) is 13.6. The largest absolute Gasteiger partial charge is 0.376 e. The molecule has 0 fully saturated rings. The molecule has 0 aromatic heterocycles. The molecule has 1 atom stereocenters. The van der Waals surface area contributed by atoms with Crippen LogP contribution in [-0.4, -0.2) is 38.1 Å². The maximum atomic E-state index is 12.3. The molecular weight excluding hydrogens is 386 g/mol. The van der Waals surface area contributed by atoms with Crippen molar-refractivity contribution in [1.82, 2.24) is 4.90 Å². The molecule has 0 spiro atoms. The summed E-state index contributed by atoms with van der Waals surface area (Å²) in [6, 6.07) is 12.9. The van der Waals surface area contributed by atoms with Crippen LogP contribution in [-0.2, 0) is 27.7 Å². The second-order valence-electron chi connectivity index (χ2n) is 8.03. The summed E-state index contributed by atoms with van der Waals surface area (Å²) in [5.41, 5.74) is 4.12. The summed E-state index contributed by atoms with van der Waals surface area (Å²) >= 11 is 0. The number of anilines is 2. The van der Waals surface area contributed by atoms with Gasteiger partial charge in [-0.1, -0.05) is 26.0 Å². The fourth-order valence-corrected chi connectivity index (χ4v) is 4.12. The quantitative estimate of drug-likeness (QED) is 0.724. The van der Waals surface area contributed by atoms with Gasteiger partial charge in [-0.3, -0.25) is 9.69 Å². The number of hydrogen-bond donors (Lipinski definition) is 2.